The summed E-state index contributed by atoms with van der Waals surface area (Å²) in [5.41, 5.74) is 0.212. The summed E-state index contributed by atoms with van der Waals surface area (Å²) in [6.45, 7) is 1.33. The van der Waals surface area contributed by atoms with E-state index in [4.69, 9.17) is 27.9 Å². The van der Waals surface area contributed by atoms with Gasteiger partial charge in [-0.25, -0.2) is 13.4 Å². The van der Waals surface area contributed by atoms with Gasteiger partial charge in [0.1, 0.15) is 16.5 Å². The van der Waals surface area contributed by atoms with E-state index in [1.54, 1.807) is 36.4 Å². The van der Waals surface area contributed by atoms with E-state index in [9.17, 15) is 13.2 Å². The first-order valence-corrected chi connectivity index (χ1v) is 10.5. The summed E-state index contributed by atoms with van der Waals surface area (Å²) in [4.78, 5) is 14.9. The second-order valence-corrected chi connectivity index (χ2v) is 8.36. The maximum Gasteiger partial charge on any atom is 0.263 e. The fraction of sp³-hybridized carbons (Fsp3) is 0.0526. The summed E-state index contributed by atoms with van der Waals surface area (Å²) >= 11 is 12.0. The van der Waals surface area contributed by atoms with Crippen LogP contribution in [0.25, 0.3) is 0 Å². The maximum atomic E-state index is 12.7. The predicted molar refractivity (Wildman–Crippen MR) is 112 cm³/mol. The molecule has 3 rings (SSSR count). The molecule has 10 heteroatoms. The van der Waals surface area contributed by atoms with E-state index in [1.165, 1.54) is 25.1 Å². The molecule has 0 aliphatic carbocycles. The number of carbonyl (C=O) groups is 1. The van der Waals surface area contributed by atoms with Gasteiger partial charge in [-0.1, -0.05) is 35.3 Å². The number of carbonyl (C=O) groups excluding carboxylic acids is 1. The maximum absolute atomic E-state index is 12.7. The standard InChI is InChI=1S/C19H15Cl2N3O4S/c1-12(25)23-19-9-7-14(11-22-19)29(26,27)24-16-4-2-3-5-18(16)28-17-8-6-13(20)10-15(17)21/h2-11,24H,1H3,(H,22,23,25). The van der Waals surface area contributed by atoms with Gasteiger partial charge in [0.2, 0.25) is 5.91 Å². The normalized spacial score (nSPS) is 11.0. The van der Waals surface area contributed by atoms with Crippen LogP contribution in [0, 0.1) is 0 Å². The van der Waals surface area contributed by atoms with Crippen molar-refractivity contribution in [1.29, 1.82) is 0 Å². The number of anilines is 2. The van der Waals surface area contributed by atoms with Gasteiger partial charge in [-0.15, -0.1) is 0 Å². The number of nitrogens with one attached hydrogen (secondary N) is 2. The highest BCUT2D eigenvalue weighted by atomic mass is 35.5. The molecule has 0 bridgehead atoms. The van der Waals surface area contributed by atoms with E-state index in [-0.39, 0.29) is 33.1 Å². The van der Waals surface area contributed by atoms with Crippen LogP contribution >= 0.6 is 23.2 Å². The minimum atomic E-state index is -3.95. The molecule has 0 aliphatic heterocycles. The number of halogens is 2. The van der Waals surface area contributed by atoms with Gasteiger partial charge < -0.3 is 10.1 Å². The minimum Gasteiger partial charge on any atom is -0.454 e. The Morgan fingerprint density at radius 1 is 1.03 bits per heavy atom. The largest absolute Gasteiger partial charge is 0.454 e. The first kappa shape index (κ1) is 20.9. The number of sulfonamides is 1. The van der Waals surface area contributed by atoms with Gasteiger partial charge >= 0.3 is 0 Å². The number of para-hydroxylation sites is 2. The molecule has 0 aliphatic rings. The summed E-state index contributed by atoms with van der Waals surface area (Å²) in [7, 11) is -3.95. The Hall–Kier alpha value is -2.81. The summed E-state index contributed by atoms with van der Waals surface area (Å²) in [6, 6.07) is 13.9. The smallest absolute Gasteiger partial charge is 0.263 e. The lowest BCUT2D eigenvalue weighted by molar-refractivity contribution is -0.114. The number of amides is 1. The van der Waals surface area contributed by atoms with Crippen LogP contribution in [-0.4, -0.2) is 19.3 Å². The number of nitrogens with zero attached hydrogens (tertiary/aromatic N) is 1. The lowest BCUT2D eigenvalue weighted by Crippen LogP contribution is -2.14. The highest BCUT2D eigenvalue weighted by Gasteiger charge is 2.18. The predicted octanol–water partition coefficient (Wildman–Crippen LogP) is 4.94. The first-order chi connectivity index (χ1) is 13.7. The molecule has 0 saturated heterocycles. The second kappa shape index (κ2) is 8.69. The van der Waals surface area contributed by atoms with Crippen LogP contribution in [-0.2, 0) is 14.8 Å². The van der Waals surface area contributed by atoms with E-state index in [1.807, 2.05) is 0 Å². The van der Waals surface area contributed by atoms with E-state index in [2.05, 4.69) is 15.0 Å². The second-order valence-electron chi connectivity index (χ2n) is 5.84. The number of hydrogen-bond donors (Lipinski definition) is 2. The Morgan fingerprint density at radius 2 is 1.79 bits per heavy atom. The zero-order valence-corrected chi connectivity index (χ0v) is 17.3. The summed E-state index contributed by atoms with van der Waals surface area (Å²) < 4.78 is 33.7. The molecule has 0 radical (unpaired) electrons. The molecule has 0 spiro atoms. The molecule has 2 N–H and O–H groups in total. The number of hydrogen-bond acceptors (Lipinski definition) is 5. The van der Waals surface area contributed by atoms with E-state index in [0.29, 0.717) is 10.8 Å². The summed E-state index contributed by atoms with van der Waals surface area (Å²) in [5, 5.41) is 3.21. The van der Waals surface area contributed by atoms with Crippen molar-refractivity contribution < 1.29 is 17.9 Å². The molecule has 150 valence electrons. The van der Waals surface area contributed by atoms with Crippen molar-refractivity contribution in [1.82, 2.24) is 4.98 Å². The van der Waals surface area contributed by atoms with Gasteiger partial charge in [0.25, 0.3) is 10.0 Å². The van der Waals surface area contributed by atoms with Crippen molar-refractivity contribution in [2.75, 3.05) is 10.0 Å². The molecular formula is C19H15Cl2N3O4S. The molecular weight excluding hydrogens is 437 g/mol. The van der Waals surface area contributed by atoms with E-state index in [0.717, 1.165) is 6.20 Å². The zero-order chi connectivity index (χ0) is 21.0. The topological polar surface area (TPSA) is 97.4 Å². The third-order valence-corrected chi connectivity index (χ3v) is 5.48. The molecule has 1 amide bonds. The van der Waals surface area contributed by atoms with E-state index < -0.39 is 10.0 Å². The SMILES string of the molecule is CC(=O)Nc1ccc(S(=O)(=O)Nc2ccccc2Oc2ccc(Cl)cc2Cl)cn1. The van der Waals surface area contributed by atoms with Gasteiger partial charge in [-0.05, 0) is 42.5 Å². The molecule has 0 saturated carbocycles. The van der Waals surface area contributed by atoms with Gasteiger partial charge in [-0.3, -0.25) is 9.52 Å². The monoisotopic (exact) mass is 451 g/mol. The third-order valence-electron chi connectivity index (χ3n) is 3.60. The lowest BCUT2D eigenvalue weighted by Gasteiger charge is -2.14. The number of ether oxygens (including phenoxy) is 1. The van der Waals surface area contributed by atoms with Crippen LogP contribution in [0.15, 0.2) is 65.7 Å². The van der Waals surface area contributed by atoms with Crippen LogP contribution < -0.4 is 14.8 Å². The van der Waals surface area contributed by atoms with Crippen molar-refractivity contribution in [3.05, 3.63) is 70.8 Å². The molecule has 7 nitrogen and oxygen atoms in total. The fourth-order valence-corrected chi connectivity index (χ4v) is 3.78. The summed E-state index contributed by atoms with van der Waals surface area (Å²) in [6.07, 6.45) is 1.15. The van der Waals surface area contributed by atoms with Crippen LogP contribution in [0.1, 0.15) is 6.92 Å². The Kier molecular flexibility index (Phi) is 6.26. The number of aromatic nitrogens is 1. The summed E-state index contributed by atoms with van der Waals surface area (Å²) in [5.74, 6) is 0.517. The quantitative estimate of drug-likeness (QED) is 0.552. The van der Waals surface area contributed by atoms with Crippen molar-refractivity contribution in [3.8, 4) is 11.5 Å². The molecule has 0 fully saturated rings. The molecule has 0 unspecified atom stereocenters. The zero-order valence-electron chi connectivity index (χ0n) is 15.0. The molecule has 1 heterocycles. The highest BCUT2D eigenvalue weighted by molar-refractivity contribution is 7.92. The van der Waals surface area contributed by atoms with Crippen LogP contribution in [0.3, 0.4) is 0 Å². The van der Waals surface area contributed by atoms with Gasteiger partial charge in [0.15, 0.2) is 5.75 Å². The number of pyridine rings is 1. The van der Waals surface area contributed by atoms with Crippen molar-refractivity contribution >= 4 is 50.6 Å². The molecule has 2 aromatic carbocycles. The van der Waals surface area contributed by atoms with E-state index >= 15 is 0 Å². The average molecular weight is 452 g/mol. The molecule has 29 heavy (non-hydrogen) atoms. The van der Waals surface area contributed by atoms with Crippen molar-refractivity contribution in [2.24, 2.45) is 0 Å². The van der Waals surface area contributed by atoms with Crippen molar-refractivity contribution in [3.63, 3.8) is 0 Å². The Labute approximate surface area is 177 Å². The molecule has 0 atom stereocenters. The highest BCUT2D eigenvalue weighted by Crippen LogP contribution is 2.35. The van der Waals surface area contributed by atoms with Crippen LogP contribution in [0.5, 0.6) is 11.5 Å². The average Bonchev–Trinajstić information content (AvgIpc) is 2.65. The molecule has 1 aromatic heterocycles. The Bertz CT molecular complexity index is 1150. The molecule has 3 aromatic rings. The fourth-order valence-electron chi connectivity index (χ4n) is 2.31. The van der Waals surface area contributed by atoms with Gasteiger partial charge in [0, 0.05) is 18.1 Å². The Balaban J connectivity index is 1.85. The lowest BCUT2D eigenvalue weighted by atomic mass is 10.3. The Morgan fingerprint density at radius 3 is 2.45 bits per heavy atom. The van der Waals surface area contributed by atoms with Gasteiger partial charge in [0.05, 0.1) is 10.7 Å². The van der Waals surface area contributed by atoms with Crippen LogP contribution in [0.2, 0.25) is 10.0 Å². The van der Waals surface area contributed by atoms with Gasteiger partial charge in [-0.2, -0.15) is 0 Å². The van der Waals surface area contributed by atoms with Crippen LogP contribution in [0.4, 0.5) is 11.5 Å². The third kappa shape index (κ3) is 5.38. The number of benzene rings is 2. The van der Waals surface area contributed by atoms with Crippen molar-refractivity contribution in [2.45, 2.75) is 11.8 Å². The number of rotatable bonds is 6. The first-order valence-electron chi connectivity index (χ1n) is 8.23. The minimum absolute atomic E-state index is 0.0778.